The third kappa shape index (κ3) is 3.37. The Hall–Kier alpha value is -3.23. The van der Waals surface area contributed by atoms with E-state index >= 15 is 0 Å². The first-order valence-corrected chi connectivity index (χ1v) is 10.4. The van der Waals surface area contributed by atoms with Crippen LogP contribution >= 0.6 is 15.9 Å². The second-order valence-corrected chi connectivity index (χ2v) is 7.92. The Balaban J connectivity index is 1.99. The van der Waals surface area contributed by atoms with Crippen molar-refractivity contribution in [3.05, 3.63) is 114 Å². The highest BCUT2D eigenvalue weighted by molar-refractivity contribution is 9.10. The van der Waals surface area contributed by atoms with Crippen LogP contribution < -0.4 is 0 Å². The van der Waals surface area contributed by atoms with E-state index in [-0.39, 0.29) is 0 Å². The van der Waals surface area contributed by atoms with E-state index in [1.807, 2.05) is 12.4 Å². The van der Waals surface area contributed by atoms with Gasteiger partial charge in [-0.25, -0.2) is 0 Å². The molecule has 5 rings (SSSR count). The zero-order chi connectivity index (χ0) is 19.6. The zero-order valence-electron chi connectivity index (χ0n) is 15.7. The normalized spacial score (nSPS) is 10.9. The molecule has 0 unspecified atom stereocenters. The molecule has 0 N–H and O–H groups in total. The monoisotopic (exact) mass is 435 g/mol. The first kappa shape index (κ1) is 17.8. The number of fused-ring (bicyclic) bond motifs is 1. The molecule has 1 heterocycles. The Kier molecular flexibility index (Phi) is 4.71. The maximum absolute atomic E-state index is 4.22. The number of benzene rings is 4. The van der Waals surface area contributed by atoms with Crippen molar-refractivity contribution in [1.29, 1.82) is 0 Å². The third-order valence-corrected chi connectivity index (χ3v) is 5.71. The van der Waals surface area contributed by atoms with E-state index in [9.17, 15) is 0 Å². The summed E-state index contributed by atoms with van der Waals surface area (Å²) in [5.41, 5.74) is 7.30. The summed E-state index contributed by atoms with van der Waals surface area (Å²) in [6.45, 7) is 0. The van der Waals surface area contributed by atoms with Gasteiger partial charge in [-0.05, 0) is 74.5 Å². The highest BCUT2D eigenvalue weighted by Gasteiger charge is 2.18. The second kappa shape index (κ2) is 7.65. The van der Waals surface area contributed by atoms with Crippen LogP contribution in [-0.4, -0.2) is 4.98 Å². The molecule has 0 atom stereocenters. The maximum atomic E-state index is 4.22. The molecule has 0 bridgehead atoms. The smallest absolute Gasteiger partial charge is 0.0273 e. The van der Waals surface area contributed by atoms with E-state index in [0.29, 0.717) is 0 Å². The number of hydrogen-bond acceptors (Lipinski definition) is 1. The topological polar surface area (TPSA) is 12.9 Å². The molecule has 2 heteroatoms. The van der Waals surface area contributed by atoms with Crippen molar-refractivity contribution in [3.63, 3.8) is 0 Å². The number of halogens is 1. The van der Waals surface area contributed by atoms with Crippen LogP contribution in [-0.2, 0) is 0 Å². The Labute approximate surface area is 178 Å². The molecule has 0 aliphatic rings. The predicted octanol–water partition coefficient (Wildman–Crippen LogP) is 8.00. The van der Waals surface area contributed by atoms with Gasteiger partial charge in [0, 0.05) is 16.9 Å². The number of rotatable bonds is 3. The minimum atomic E-state index is 1.08. The highest BCUT2D eigenvalue weighted by Crippen LogP contribution is 2.45. The standard InChI is InChI=1S/C27H18BrN/c28-23-12-11-22-17-24(19-13-15-29-16-14-19)26(20-7-3-1-4-8-20)27(25(22)18-23)21-9-5-2-6-10-21/h1-18H. The molecule has 0 spiro atoms. The molecule has 0 radical (unpaired) electrons. The molecule has 29 heavy (non-hydrogen) atoms. The fourth-order valence-electron chi connectivity index (χ4n) is 3.94. The fourth-order valence-corrected chi connectivity index (χ4v) is 4.30. The summed E-state index contributed by atoms with van der Waals surface area (Å²) in [7, 11) is 0. The zero-order valence-corrected chi connectivity index (χ0v) is 17.3. The van der Waals surface area contributed by atoms with Gasteiger partial charge in [0.1, 0.15) is 0 Å². The van der Waals surface area contributed by atoms with Gasteiger partial charge in [-0.2, -0.15) is 0 Å². The quantitative estimate of drug-likeness (QED) is 0.279. The van der Waals surface area contributed by atoms with Crippen molar-refractivity contribution in [2.45, 2.75) is 0 Å². The Bertz CT molecular complexity index is 1280. The Morgan fingerprint density at radius 2 is 1.17 bits per heavy atom. The molecular formula is C27H18BrN. The number of pyridine rings is 1. The number of aromatic nitrogens is 1. The molecule has 0 saturated carbocycles. The minimum absolute atomic E-state index is 1.08. The van der Waals surface area contributed by atoms with E-state index < -0.39 is 0 Å². The van der Waals surface area contributed by atoms with Crippen molar-refractivity contribution in [2.24, 2.45) is 0 Å². The van der Waals surface area contributed by atoms with E-state index in [4.69, 9.17) is 0 Å². The van der Waals surface area contributed by atoms with Crippen LogP contribution in [0.25, 0.3) is 44.2 Å². The molecular weight excluding hydrogens is 418 g/mol. The number of hydrogen-bond donors (Lipinski definition) is 0. The van der Waals surface area contributed by atoms with Crippen LogP contribution in [0.2, 0.25) is 0 Å². The maximum Gasteiger partial charge on any atom is 0.0273 e. The summed E-state index contributed by atoms with van der Waals surface area (Å²) in [6, 6.07) is 34.3. The summed E-state index contributed by atoms with van der Waals surface area (Å²) in [5.74, 6) is 0. The summed E-state index contributed by atoms with van der Waals surface area (Å²) in [5, 5.41) is 2.46. The van der Waals surface area contributed by atoms with Crippen molar-refractivity contribution >= 4 is 26.7 Å². The van der Waals surface area contributed by atoms with Gasteiger partial charge in [0.15, 0.2) is 0 Å². The minimum Gasteiger partial charge on any atom is -0.265 e. The lowest BCUT2D eigenvalue weighted by molar-refractivity contribution is 1.33. The van der Waals surface area contributed by atoms with Gasteiger partial charge in [0.05, 0.1) is 0 Å². The van der Waals surface area contributed by atoms with Crippen LogP contribution in [0.1, 0.15) is 0 Å². The summed E-state index contributed by atoms with van der Waals surface area (Å²) >= 11 is 3.68. The van der Waals surface area contributed by atoms with Gasteiger partial charge in [-0.3, -0.25) is 4.98 Å². The van der Waals surface area contributed by atoms with E-state index in [0.717, 1.165) is 4.47 Å². The molecule has 0 amide bonds. The predicted molar refractivity (Wildman–Crippen MR) is 126 cm³/mol. The average molecular weight is 436 g/mol. The van der Waals surface area contributed by atoms with Gasteiger partial charge in [-0.15, -0.1) is 0 Å². The first-order chi connectivity index (χ1) is 14.3. The average Bonchev–Trinajstić information content (AvgIpc) is 2.79. The highest BCUT2D eigenvalue weighted by atomic mass is 79.9. The molecule has 0 fully saturated rings. The summed E-state index contributed by atoms with van der Waals surface area (Å²) in [6.07, 6.45) is 3.72. The SMILES string of the molecule is Brc1ccc2cc(-c3ccncc3)c(-c3ccccc3)c(-c3ccccc3)c2c1. The lowest BCUT2D eigenvalue weighted by Gasteiger charge is -2.19. The van der Waals surface area contributed by atoms with Crippen molar-refractivity contribution < 1.29 is 0 Å². The molecule has 0 saturated heterocycles. The van der Waals surface area contributed by atoms with Crippen molar-refractivity contribution in [2.75, 3.05) is 0 Å². The Morgan fingerprint density at radius 1 is 0.552 bits per heavy atom. The third-order valence-electron chi connectivity index (χ3n) is 5.22. The Morgan fingerprint density at radius 3 is 1.83 bits per heavy atom. The molecule has 5 aromatic rings. The lowest BCUT2D eigenvalue weighted by atomic mass is 9.84. The van der Waals surface area contributed by atoms with E-state index in [2.05, 4.69) is 118 Å². The number of nitrogens with zero attached hydrogens (tertiary/aromatic N) is 1. The van der Waals surface area contributed by atoms with Crippen LogP contribution in [0.3, 0.4) is 0 Å². The lowest BCUT2D eigenvalue weighted by Crippen LogP contribution is -1.93. The van der Waals surface area contributed by atoms with Crippen molar-refractivity contribution in [3.8, 4) is 33.4 Å². The van der Waals surface area contributed by atoms with Crippen LogP contribution in [0.5, 0.6) is 0 Å². The summed E-state index contributed by atoms with van der Waals surface area (Å²) < 4.78 is 1.08. The van der Waals surface area contributed by atoms with Gasteiger partial charge in [0.25, 0.3) is 0 Å². The first-order valence-electron chi connectivity index (χ1n) is 9.59. The van der Waals surface area contributed by atoms with Crippen molar-refractivity contribution in [1.82, 2.24) is 4.98 Å². The van der Waals surface area contributed by atoms with Gasteiger partial charge in [-0.1, -0.05) is 82.7 Å². The van der Waals surface area contributed by atoms with Gasteiger partial charge in [0.2, 0.25) is 0 Å². The molecule has 1 nitrogen and oxygen atoms in total. The molecule has 4 aromatic carbocycles. The summed E-state index contributed by atoms with van der Waals surface area (Å²) in [4.78, 5) is 4.22. The van der Waals surface area contributed by atoms with Crippen LogP contribution in [0.15, 0.2) is 114 Å². The fraction of sp³-hybridized carbons (Fsp3) is 0. The van der Waals surface area contributed by atoms with E-state index in [1.54, 1.807) is 0 Å². The molecule has 138 valence electrons. The van der Waals surface area contributed by atoms with Gasteiger partial charge < -0.3 is 0 Å². The van der Waals surface area contributed by atoms with Crippen LogP contribution in [0.4, 0.5) is 0 Å². The second-order valence-electron chi connectivity index (χ2n) is 7.01. The molecule has 0 aliphatic heterocycles. The van der Waals surface area contributed by atoms with Crippen LogP contribution in [0, 0.1) is 0 Å². The van der Waals surface area contributed by atoms with Gasteiger partial charge >= 0.3 is 0 Å². The largest absolute Gasteiger partial charge is 0.265 e. The molecule has 1 aromatic heterocycles. The van der Waals surface area contributed by atoms with E-state index in [1.165, 1.54) is 44.2 Å². The molecule has 0 aliphatic carbocycles.